The molecule has 0 aliphatic heterocycles. The van der Waals surface area contributed by atoms with Gasteiger partial charge in [-0.1, -0.05) is 0 Å². The zero-order chi connectivity index (χ0) is 12.3. The Bertz CT molecular complexity index is 400. The molecule has 2 rings (SSSR count). The average molecular weight is 237 g/mol. The van der Waals surface area contributed by atoms with Gasteiger partial charge in [0.1, 0.15) is 5.82 Å². The third kappa shape index (κ3) is 3.25. The number of aliphatic carboxylic acids is 1. The number of nitrogens with zero attached hydrogens (tertiary/aromatic N) is 1. The summed E-state index contributed by atoms with van der Waals surface area (Å²) < 4.78 is 12.9. The lowest BCUT2D eigenvalue weighted by molar-refractivity contribution is -0.143. The highest BCUT2D eigenvalue weighted by molar-refractivity contribution is 5.69. The molecule has 0 aromatic carbocycles. The predicted octanol–water partition coefficient (Wildman–Crippen LogP) is 2.65. The number of aromatic nitrogens is 1. The fourth-order valence-corrected chi connectivity index (χ4v) is 2.51. The Morgan fingerprint density at radius 1 is 1.35 bits per heavy atom. The van der Waals surface area contributed by atoms with E-state index in [0.717, 1.165) is 37.7 Å². The van der Waals surface area contributed by atoms with Crippen molar-refractivity contribution in [2.45, 2.75) is 32.1 Å². The SMILES string of the molecule is O=C(O)[C@H]1CC[C@H](Cc2cncc(F)c2)CC1. The average Bonchev–Trinajstić information content (AvgIpc) is 2.29. The Hall–Kier alpha value is -1.45. The zero-order valence-corrected chi connectivity index (χ0v) is 9.60. The van der Waals surface area contributed by atoms with Crippen molar-refractivity contribution in [3.8, 4) is 0 Å². The minimum atomic E-state index is -0.684. The Kier molecular flexibility index (Phi) is 3.71. The second-order valence-corrected chi connectivity index (χ2v) is 4.77. The Morgan fingerprint density at radius 2 is 2.06 bits per heavy atom. The molecule has 1 aromatic heterocycles. The van der Waals surface area contributed by atoms with Gasteiger partial charge in [0.15, 0.2) is 0 Å². The maximum Gasteiger partial charge on any atom is 0.306 e. The quantitative estimate of drug-likeness (QED) is 0.879. The molecule has 1 N–H and O–H groups in total. The van der Waals surface area contributed by atoms with Crippen LogP contribution in [0, 0.1) is 17.7 Å². The highest BCUT2D eigenvalue weighted by atomic mass is 19.1. The van der Waals surface area contributed by atoms with Gasteiger partial charge in [0.2, 0.25) is 0 Å². The predicted molar refractivity (Wildman–Crippen MR) is 61.0 cm³/mol. The van der Waals surface area contributed by atoms with Crippen molar-refractivity contribution in [3.05, 3.63) is 29.8 Å². The molecule has 0 atom stereocenters. The van der Waals surface area contributed by atoms with Gasteiger partial charge in [0, 0.05) is 6.20 Å². The second kappa shape index (κ2) is 5.25. The fraction of sp³-hybridized carbons (Fsp3) is 0.538. The fourth-order valence-electron chi connectivity index (χ4n) is 2.51. The molecule has 1 saturated carbocycles. The van der Waals surface area contributed by atoms with Crippen LogP contribution in [0.2, 0.25) is 0 Å². The topological polar surface area (TPSA) is 50.2 Å². The smallest absolute Gasteiger partial charge is 0.306 e. The van der Waals surface area contributed by atoms with Crippen LogP contribution in [-0.2, 0) is 11.2 Å². The summed E-state index contributed by atoms with van der Waals surface area (Å²) in [6, 6.07) is 1.51. The number of carboxylic acids is 1. The third-order valence-corrected chi connectivity index (χ3v) is 3.48. The van der Waals surface area contributed by atoms with Crippen molar-refractivity contribution in [1.29, 1.82) is 0 Å². The largest absolute Gasteiger partial charge is 0.481 e. The number of hydrogen-bond donors (Lipinski definition) is 1. The van der Waals surface area contributed by atoms with Crippen LogP contribution in [0.5, 0.6) is 0 Å². The molecule has 0 saturated heterocycles. The molecule has 0 radical (unpaired) electrons. The first-order chi connectivity index (χ1) is 8.15. The first-order valence-electron chi connectivity index (χ1n) is 5.97. The van der Waals surface area contributed by atoms with Crippen LogP contribution < -0.4 is 0 Å². The summed E-state index contributed by atoms with van der Waals surface area (Å²) in [6.07, 6.45) is 6.99. The Labute approximate surface area is 99.7 Å². The number of halogens is 1. The van der Waals surface area contributed by atoms with Gasteiger partial charge in [0.05, 0.1) is 12.1 Å². The lowest BCUT2D eigenvalue weighted by Crippen LogP contribution is -2.22. The van der Waals surface area contributed by atoms with Gasteiger partial charge >= 0.3 is 5.97 Å². The van der Waals surface area contributed by atoms with Crippen LogP contribution in [-0.4, -0.2) is 16.1 Å². The van der Waals surface area contributed by atoms with Crippen molar-refractivity contribution < 1.29 is 14.3 Å². The highest BCUT2D eigenvalue weighted by Crippen LogP contribution is 2.31. The Balaban J connectivity index is 1.88. The molecule has 1 heterocycles. The normalized spacial score (nSPS) is 24.5. The van der Waals surface area contributed by atoms with Gasteiger partial charge in [-0.2, -0.15) is 0 Å². The van der Waals surface area contributed by atoms with E-state index in [1.54, 1.807) is 6.20 Å². The van der Waals surface area contributed by atoms with Crippen LogP contribution in [0.1, 0.15) is 31.2 Å². The monoisotopic (exact) mass is 237 g/mol. The van der Waals surface area contributed by atoms with E-state index in [1.165, 1.54) is 12.3 Å². The molecule has 92 valence electrons. The van der Waals surface area contributed by atoms with Gasteiger partial charge in [-0.25, -0.2) is 4.39 Å². The number of pyridine rings is 1. The molecule has 3 nitrogen and oxygen atoms in total. The van der Waals surface area contributed by atoms with E-state index in [2.05, 4.69) is 4.98 Å². The van der Waals surface area contributed by atoms with Crippen molar-refractivity contribution in [2.24, 2.45) is 11.8 Å². The van der Waals surface area contributed by atoms with E-state index in [1.807, 2.05) is 0 Å². The van der Waals surface area contributed by atoms with E-state index in [9.17, 15) is 9.18 Å². The van der Waals surface area contributed by atoms with E-state index < -0.39 is 5.97 Å². The minimum Gasteiger partial charge on any atom is -0.481 e. The van der Waals surface area contributed by atoms with Crippen LogP contribution in [0.3, 0.4) is 0 Å². The lowest BCUT2D eigenvalue weighted by atomic mass is 9.79. The molecular formula is C13H16FNO2. The number of carboxylic acid groups (broad SMARTS) is 1. The molecule has 1 aromatic rings. The standard InChI is InChI=1S/C13H16FNO2/c14-12-6-10(7-15-8-12)5-9-1-3-11(4-2-9)13(16)17/h6-9,11H,1-5H2,(H,16,17)/t9-,11-. The summed E-state index contributed by atoms with van der Waals surface area (Å²) in [5.41, 5.74) is 0.906. The summed E-state index contributed by atoms with van der Waals surface area (Å²) in [6.45, 7) is 0. The van der Waals surface area contributed by atoms with Crippen LogP contribution in [0.4, 0.5) is 4.39 Å². The first kappa shape index (κ1) is 12.0. The molecule has 0 spiro atoms. The molecule has 0 unspecified atom stereocenters. The van der Waals surface area contributed by atoms with Crippen LogP contribution in [0.15, 0.2) is 18.5 Å². The summed E-state index contributed by atoms with van der Waals surface area (Å²) in [4.78, 5) is 14.6. The highest BCUT2D eigenvalue weighted by Gasteiger charge is 2.25. The third-order valence-electron chi connectivity index (χ3n) is 3.48. The summed E-state index contributed by atoms with van der Waals surface area (Å²) >= 11 is 0. The molecule has 1 aliphatic carbocycles. The minimum absolute atomic E-state index is 0.183. The van der Waals surface area contributed by atoms with Crippen LogP contribution >= 0.6 is 0 Å². The second-order valence-electron chi connectivity index (χ2n) is 4.77. The zero-order valence-electron chi connectivity index (χ0n) is 9.60. The lowest BCUT2D eigenvalue weighted by Gasteiger charge is -2.25. The van der Waals surface area contributed by atoms with E-state index in [0.29, 0.717) is 5.92 Å². The maximum absolute atomic E-state index is 12.9. The van der Waals surface area contributed by atoms with Gasteiger partial charge in [0.25, 0.3) is 0 Å². The Morgan fingerprint density at radius 3 is 2.65 bits per heavy atom. The molecule has 1 aliphatic rings. The summed E-state index contributed by atoms with van der Waals surface area (Å²) in [5, 5.41) is 8.89. The summed E-state index contributed by atoms with van der Waals surface area (Å²) in [7, 11) is 0. The van der Waals surface area contributed by atoms with Gasteiger partial charge in [-0.15, -0.1) is 0 Å². The number of carbonyl (C=O) groups is 1. The van der Waals surface area contributed by atoms with E-state index >= 15 is 0 Å². The van der Waals surface area contributed by atoms with Crippen molar-refractivity contribution in [2.75, 3.05) is 0 Å². The van der Waals surface area contributed by atoms with Gasteiger partial charge in [-0.05, 0) is 49.7 Å². The number of hydrogen-bond acceptors (Lipinski definition) is 2. The molecule has 4 heteroatoms. The van der Waals surface area contributed by atoms with Crippen molar-refractivity contribution >= 4 is 5.97 Å². The summed E-state index contributed by atoms with van der Waals surface area (Å²) in [5.74, 6) is -0.705. The molecule has 0 amide bonds. The maximum atomic E-state index is 12.9. The van der Waals surface area contributed by atoms with E-state index in [-0.39, 0.29) is 11.7 Å². The van der Waals surface area contributed by atoms with Crippen LogP contribution in [0.25, 0.3) is 0 Å². The molecular weight excluding hydrogens is 221 g/mol. The molecule has 0 bridgehead atoms. The van der Waals surface area contributed by atoms with E-state index in [4.69, 9.17) is 5.11 Å². The molecule has 17 heavy (non-hydrogen) atoms. The molecule has 1 fully saturated rings. The van der Waals surface area contributed by atoms with Crippen molar-refractivity contribution in [3.63, 3.8) is 0 Å². The number of rotatable bonds is 3. The van der Waals surface area contributed by atoms with Crippen molar-refractivity contribution in [1.82, 2.24) is 4.98 Å². The first-order valence-corrected chi connectivity index (χ1v) is 5.97. The van der Waals surface area contributed by atoms with Gasteiger partial charge < -0.3 is 5.11 Å². The van der Waals surface area contributed by atoms with Gasteiger partial charge in [-0.3, -0.25) is 9.78 Å².